The molecule has 0 aliphatic heterocycles. The Bertz CT molecular complexity index is 1770. The van der Waals surface area contributed by atoms with Crippen LogP contribution in [0.1, 0.15) is 69.3 Å². The minimum absolute atomic E-state index is 0.00175. The molecule has 1 N–H and O–H groups in total. The Morgan fingerprint density at radius 2 is 1.88 bits per heavy atom. The number of methoxy groups -OCH3 is 1. The molecule has 41 heavy (non-hydrogen) atoms. The molecular weight excluding hydrogens is 544 g/mol. The number of anilines is 1. The highest BCUT2D eigenvalue weighted by atomic mass is 32.2. The number of hydrogen-bond acceptors (Lipinski definition) is 11. The van der Waals surface area contributed by atoms with Gasteiger partial charge >= 0.3 is 0 Å². The Morgan fingerprint density at radius 3 is 2.51 bits per heavy atom. The van der Waals surface area contributed by atoms with Crippen LogP contribution >= 0.6 is 0 Å². The summed E-state index contributed by atoms with van der Waals surface area (Å²) in [6.45, 7) is 3.83. The summed E-state index contributed by atoms with van der Waals surface area (Å²) in [7, 11) is -1.79. The molecule has 0 unspecified atom stereocenters. The largest absolute Gasteiger partial charge is 0.480 e. The minimum Gasteiger partial charge on any atom is -0.480 e. The second-order valence-corrected chi connectivity index (χ2v) is 12.9. The maximum Gasteiger partial charge on any atom is 0.295 e. The fourth-order valence-corrected chi connectivity index (χ4v) is 6.02. The molecule has 0 radical (unpaired) electrons. The van der Waals surface area contributed by atoms with Gasteiger partial charge in [-0.1, -0.05) is 13.3 Å². The van der Waals surface area contributed by atoms with E-state index in [9.17, 15) is 13.2 Å². The Kier molecular flexibility index (Phi) is 7.14. The van der Waals surface area contributed by atoms with Crippen LogP contribution in [-0.2, 0) is 16.4 Å². The van der Waals surface area contributed by atoms with E-state index in [1.54, 1.807) is 30.9 Å². The molecule has 2 saturated carbocycles. The van der Waals surface area contributed by atoms with Crippen molar-refractivity contribution in [2.75, 3.05) is 18.2 Å². The van der Waals surface area contributed by atoms with Crippen molar-refractivity contribution in [2.45, 2.75) is 69.4 Å². The molecule has 2 aliphatic rings. The second kappa shape index (κ2) is 10.8. The number of sulfone groups is 1. The lowest BCUT2D eigenvalue weighted by Crippen LogP contribution is -2.33. The molecule has 2 fully saturated rings. The van der Waals surface area contributed by atoms with E-state index in [0.717, 1.165) is 37.8 Å². The maximum absolute atomic E-state index is 13.9. The van der Waals surface area contributed by atoms with E-state index in [4.69, 9.17) is 9.72 Å². The topological polar surface area (TPSA) is 155 Å². The average Bonchev–Trinajstić information content (AvgIpc) is 3.80. The van der Waals surface area contributed by atoms with E-state index in [0.29, 0.717) is 46.0 Å². The van der Waals surface area contributed by atoms with Crippen LogP contribution < -0.4 is 15.6 Å². The van der Waals surface area contributed by atoms with Crippen LogP contribution in [0.4, 0.5) is 5.82 Å². The van der Waals surface area contributed by atoms with E-state index in [1.165, 1.54) is 18.6 Å². The predicted molar refractivity (Wildman–Crippen MR) is 152 cm³/mol. The van der Waals surface area contributed by atoms with Crippen LogP contribution in [0.15, 0.2) is 40.5 Å². The van der Waals surface area contributed by atoms with Gasteiger partial charge < -0.3 is 10.1 Å². The van der Waals surface area contributed by atoms with Gasteiger partial charge in [0.2, 0.25) is 5.88 Å². The minimum atomic E-state index is -3.34. The first kappa shape index (κ1) is 27.2. The highest BCUT2D eigenvalue weighted by Crippen LogP contribution is 2.45. The van der Waals surface area contributed by atoms with Gasteiger partial charge in [0.1, 0.15) is 17.4 Å². The summed E-state index contributed by atoms with van der Waals surface area (Å²) in [6.07, 6.45) is 9.75. The van der Waals surface area contributed by atoms with Crippen LogP contribution in [0.25, 0.3) is 22.6 Å². The molecular formula is C28H32N8O4S. The van der Waals surface area contributed by atoms with Crippen molar-refractivity contribution in [1.29, 1.82) is 0 Å². The summed E-state index contributed by atoms with van der Waals surface area (Å²) >= 11 is 0. The summed E-state index contributed by atoms with van der Waals surface area (Å²) in [6, 6.07) is 3.06. The van der Waals surface area contributed by atoms with Crippen molar-refractivity contribution in [3.05, 3.63) is 52.6 Å². The number of aromatic nitrogens is 7. The van der Waals surface area contributed by atoms with E-state index >= 15 is 0 Å². The maximum atomic E-state index is 13.9. The van der Waals surface area contributed by atoms with E-state index in [1.807, 2.05) is 6.92 Å². The SMILES string of the molecule is CCS(=O)(=O)c1ccc(CNc2nc3cnc(-c4c(OC)ncnc4C4CC4)nc3n([C@H](C)C3CCC3)c2=O)nc1. The first-order valence-electron chi connectivity index (χ1n) is 13.9. The molecule has 0 bridgehead atoms. The lowest BCUT2D eigenvalue weighted by atomic mass is 9.80. The normalized spacial score (nSPS) is 16.4. The number of ether oxygens (including phenoxy) is 1. The van der Waals surface area contributed by atoms with Gasteiger partial charge in [0.15, 0.2) is 27.1 Å². The molecule has 0 saturated heterocycles. The van der Waals surface area contributed by atoms with Crippen LogP contribution in [0, 0.1) is 5.92 Å². The molecule has 214 valence electrons. The van der Waals surface area contributed by atoms with Gasteiger partial charge in [-0.15, -0.1) is 0 Å². The van der Waals surface area contributed by atoms with Gasteiger partial charge in [-0.3, -0.25) is 14.3 Å². The number of hydrogen-bond donors (Lipinski definition) is 1. The fraction of sp³-hybridized carbons (Fsp3) is 0.464. The first-order chi connectivity index (χ1) is 19.8. The summed E-state index contributed by atoms with van der Waals surface area (Å²) in [5, 5.41) is 3.11. The molecule has 1 atom stereocenters. The quantitative estimate of drug-likeness (QED) is 0.294. The van der Waals surface area contributed by atoms with E-state index in [2.05, 4.69) is 30.2 Å². The van der Waals surface area contributed by atoms with Crippen molar-refractivity contribution >= 4 is 26.8 Å². The molecule has 6 rings (SSSR count). The zero-order valence-corrected chi connectivity index (χ0v) is 24.1. The Balaban J connectivity index is 1.40. The van der Waals surface area contributed by atoms with Crippen molar-refractivity contribution in [1.82, 2.24) is 34.5 Å². The fourth-order valence-electron chi connectivity index (χ4n) is 5.20. The Morgan fingerprint density at radius 1 is 1.07 bits per heavy atom. The lowest BCUT2D eigenvalue weighted by molar-refractivity contribution is 0.222. The molecule has 4 aromatic rings. The molecule has 4 aromatic heterocycles. The Hall–Kier alpha value is -4.00. The molecule has 0 amide bonds. The highest BCUT2D eigenvalue weighted by Gasteiger charge is 2.32. The van der Waals surface area contributed by atoms with Crippen molar-refractivity contribution in [2.24, 2.45) is 5.92 Å². The average molecular weight is 577 g/mol. The summed E-state index contributed by atoms with van der Waals surface area (Å²) in [5.74, 6) is 1.63. The van der Waals surface area contributed by atoms with Gasteiger partial charge in [-0.25, -0.2) is 33.3 Å². The number of rotatable bonds is 10. The number of nitrogens with one attached hydrogen (secondary N) is 1. The van der Waals surface area contributed by atoms with Crippen LogP contribution in [0.2, 0.25) is 0 Å². The number of pyridine rings is 1. The Labute approximate surface area is 237 Å². The molecule has 2 aliphatic carbocycles. The molecule has 13 heteroatoms. The highest BCUT2D eigenvalue weighted by molar-refractivity contribution is 7.91. The first-order valence-corrected chi connectivity index (χ1v) is 15.6. The van der Waals surface area contributed by atoms with Crippen molar-refractivity contribution < 1.29 is 13.2 Å². The summed E-state index contributed by atoms with van der Waals surface area (Å²) in [5.41, 5.74) is 2.72. The summed E-state index contributed by atoms with van der Waals surface area (Å²) in [4.78, 5) is 41.2. The van der Waals surface area contributed by atoms with Crippen molar-refractivity contribution in [3.8, 4) is 17.3 Å². The molecule has 0 aromatic carbocycles. The van der Waals surface area contributed by atoms with Gasteiger partial charge in [0, 0.05) is 18.2 Å². The summed E-state index contributed by atoms with van der Waals surface area (Å²) < 4.78 is 31.5. The molecule has 0 spiro atoms. The van der Waals surface area contributed by atoms with Crippen LogP contribution in [-0.4, -0.2) is 55.8 Å². The standard InChI is InChI=1S/C28H32N8O4S/c1-4-41(38,39)20-11-10-19(29-13-20)12-30-25-28(37)36(16(2)17-6-5-7-17)26-21(34-25)14-31-24(35-26)22-23(18-8-9-18)32-15-33-27(22)40-3/h10-11,13-18H,4-9,12H2,1-3H3,(H,30,34)/t16-/m1/s1. The van der Waals surface area contributed by atoms with Crippen LogP contribution in [0.3, 0.4) is 0 Å². The zero-order valence-electron chi connectivity index (χ0n) is 23.2. The van der Waals surface area contributed by atoms with Gasteiger partial charge in [0.25, 0.3) is 5.56 Å². The smallest absolute Gasteiger partial charge is 0.295 e. The predicted octanol–water partition coefficient (Wildman–Crippen LogP) is 3.69. The number of fused-ring (bicyclic) bond motifs is 1. The number of nitrogens with zero attached hydrogens (tertiary/aromatic N) is 7. The van der Waals surface area contributed by atoms with Gasteiger partial charge in [0.05, 0.1) is 41.9 Å². The third-order valence-electron chi connectivity index (χ3n) is 8.07. The van der Waals surface area contributed by atoms with Crippen LogP contribution in [0.5, 0.6) is 5.88 Å². The molecule has 4 heterocycles. The van der Waals surface area contributed by atoms with Gasteiger partial charge in [-0.2, -0.15) is 0 Å². The van der Waals surface area contributed by atoms with Gasteiger partial charge in [-0.05, 0) is 50.7 Å². The van der Waals surface area contributed by atoms with E-state index in [-0.39, 0.29) is 34.6 Å². The monoisotopic (exact) mass is 576 g/mol. The third-order valence-corrected chi connectivity index (χ3v) is 9.79. The lowest BCUT2D eigenvalue weighted by Gasteiger charge is -2.33. The zero-order chi connectivity index (χ0) is 28.7. The van der Waals surface area contributed by atoms with Crippen molar-refractivity contribution in [3.63, 3.8) is 0 Å². The second-order valence-electron chi connectivity index (χ2n) is 10.6. The van der Waals surface area contributed by atoms with E-state index < -0.39 is 9.84 Å². The molecule has 12 nitrogen and oxygen atoms in total. The third kappa shape index (κ3) is 5.14.